The Morgan fingerprint density at radius 2 is 2.14 bits per heavy atom. The molecule has 1 unspecified atom stereocenters. The molecule has 3 aliphatic rings. The third kappa shape index (κ3) is 2.97. The number of nitrogen functional groups attached to an aromatic ring is 1. The molecule has 5 heteroatoms. The second-order valence-electron chi connectivity index (χ2n) is 6.05. The molecule has 4 rings (SSSR count). The molecule has 2 bridgehead atoms. The lowest BCUT2D eigenvalue weighted by Gasteiger charge is -2.45. The summed E-state index contributed by atoms with van der Waals surface area (Å²) >= 11 is 0. The molecule has 0 spiro atoms. The van der Waals surface area contributed by atoms with E-state index in [0.29, 0.717) is 23.8 Å². The van der Waals surface area contributed by atoms with Crippen LogP contribution < -0.4 is 16.4 Å². The zero-order valence-electron chi connectivity index (χ0n) is 12.6. The van der Waals surface area contributed by atoms with Crippen LogP contribution in [0.25, 0.3) is 0 Å². The molecular formula is C16H24N4O. The Balaban J connectivity index is 1.75. The number of amides is 1. The summed E-state index contributed by atoms with van der Waals surface area (Å²) in [6, 6.07) is 5.91. The predicted molar refractivity (Wildman–Crippen MR) is 85.4 cm³/mol. The van der Waals surface area contributed by atoms with Gasteiger partial charge in [0.2, 0.25) is 0 Å². The van der Waals surface area contributed by atoms with E-state index in [1.54, 1.807) is 6.07 Å². The number of fused-ring (bicyclic) bond motifs is 3. The van der Waals surface area contributed by atoms with Gasteiger partial charge in [-0.2, -0.15) is 0 Å². The Kier molecular flexibility index (Phi) is 4.01. The van der Waals surface area contributed by atoms with Crippen molar-refractivity contribution in [2.24, 2.45) is 5.92 Å². The van der Waals surface area contributed by atoms with Gasteiger partial charge in [0.25, 0.3) is 5.91 Å². The van der Waals surface area contributed by atoms with E-state index < -0.39 is 0 Å². The third-order valence-corrected chi connectivity index (χ3v) is 4.65. The van der Waals surface area contributed by atoms with Crippen LogP contribution in [0.5, 0.6) is 0 Å². The summed E-state index contributed by atoms with van der Waals surface area (Å²) in [4.78, 5) is 14.4. The first-order valence-corrected chi connectivity index (χ1v) is 7.84. The quantitative estimate of drug-likeness (QED) is 0.735. The highest BCUT2D eigenvalue weighted by Gasteiger charge is 2.34. The standard InChI is InChI=1S/C16H24N4O/c1-2-18-16(21)12-3-4-13(17)14(9-12)19-15-10-20-7-5-11(15)6-8-20/h3-4,9,11,15,19H,2,5-8,10,17H2,1H3,(H,18,21). The highest BCUT2D eigenvalue weighted by molar-refractivity contribution is 5.96. The number of hydrogen-bond donors (Lipinski definition) is 3. The monoisotopic (exact) mass is 288 g/mol. The molecule has 0 aliphatic carbocycles. The minimum Gasteiger partial charge on any atom is -0.397 e. The normalized spacial score (nSPS) is 27.4. The molecule has 1 aromatic carbocycles. The summed E-state index contributed by atoms with van der Waals surface area (Å²) in [6.45, 7) is 6.07. The first-order valence-electron chi connectivity index (χ1n) is 7.84. The molecule has 4 N–H and O–H groups in total. The highest BCUT2D eigenvalue weighted by atomic mass is 16.1. The molecular weight excluding hydrogens is 264 g/mol. The number of benzene rings is 1. The molecule has 1 amide bonds. The van der Waals surface area contributed by atoms with Gasteiger partial charge < -0.3 is 21.3 Å². The molecule has 1 atom stereocenters. The maximum Gasteiger partial charge on any atom is 0.251 e. The highest BCUT2D eigenvalue weighted by Crippen LogP contribution is 2.31. The fraction of sp³-hybridized carbons (Fsp3) is 0.562. The Bertz CT molecular complexity index is 523. The van der Waals surface area contributed by atoms with Crippen LogP contribution in [-0.4, -0.2) is 43.0 Å². The number of carbonyl (C=O) groups excluding carboxylic acids is 1. The largest absolute Gasteiger partial charge is 0.397 e. The van der Waals surface area contributed by atoms with Crippen LogP contribution >= 0.6 is 0 Å². The van der Waals surface area contributed by atoms with Gasteiger partial charge in [-0.05, 0) is 57.0 Å². The maximum absolute atomic E-state index is 11.9. The lowest BCUT2D eigenvalue weighted by atomic mass is 9.84. The number of piperidine rings is 3. The average molecular weight is 288 g/mol. The maximum atomic E-state index is 11.9. The van der Waals surface area contributed by atoms with Crippen molar-refractivity contribution in [3.05, 3.63) is 23.8 Å². The van der Waals surface area contributed by atoms with Gasteiger partial charge in [0.1, 0.15) is 0 Å². The van der Waals surface area contributed by atoms with Crippen LogP contribution in [0.2, 0.25) is 0 Å². The van der Waals surface area contributed by atoms with E-state index in [1.165, 1.54) is 25.9 Å². The zero-order chi connectivity index (χ0) is 14.8. The molecule has 0 saturated carbocycles. The lowest BCUT2D eigenvalue weighted by molar-refractivity contribution is 0.0955. The number of anilines is 2. The second-order valence-corrected chi connectivity index (χ2v) is 6.05. The fourth-order valence-corrected chi connectivity index (χ4v) is 3.41. The number of carbonyl (C=O) groups is 1. The smallest absolute Gasteiger partial charge is 0.251 e. The number of hydrogen-bond acceptors (Lipinski definition) is 4. The first kappa shape index (κ1) is 14.2. The van der Waals surface area contributed by atoms with Gasteiger partial charge in [0, 0.05) is 24.7 Å². The van der Waals surface area contributed by atoms with Gasteiger partial charge in [-0.1, -0.05) is 0 Å². The van der Waals surface area contributed by atoms with Crippen LogP contribution in [0.4, 0.5) is 11.4 Å². The summed E-state index contributed by atoms with van der Waals surface area (Å²) < 4.78 is 0. The third-order valence-electron chi connectivity index (χ3n) is 4.65. The average Bonchev–Trinajstić information content (AvgIpc) is 2.51. The van der Waals surface area contributed by atoms with Crippen LogP contribution in [0.3, 0.4) is 0 Å². The summed E-state index contributed by atoms with van der Waals surface area (Å²) in [6.07, 6.45) is 2.52. The Morgan fingerprint density at radius 1 is 1.38 bits per heavy atom. The van der Waals surface area contributed by atoms with Crippen molar-refractivity contribution in [3.8, 4) is 0 Å². The summed E-state index contributed by atoms with van der Waals surface area (Å²) in [7, 11) is 0. The van der Waals surface area contributed by atoms with Gasteiger partial charge in [0.15, 0.2) is 0 Å². The van der Waals surface area contributed by atoms with Gasteiger partial charge in [-0.15, -0.1) is 0 Å². The molecule has 1 aromatic rings. The molecule has 114 valence electrons. The van der Waals surface area contributed by atoms with Crippen LogP contribution in [-0.2, 0) is 0 Å². The summed E-state index contributed by atoms with van der Waals surface area (Å²) in [5.74, 6) is 0.678. The van der Waals surface area contributed by atoms with Crippen molar-refractivity contribution < 1.29 is 4.79 Å². The molecule has 0 radical (unpaired) electrons. The number of nitrogens with zero attached hydrogens (tertiary/aromatic N) is 1. The summed E-state index contributed by atoms with van der Waals surface area (Å²) in [5.41, 5.74) is 8.33. The number of nitrogens with one attached hydrogen (secondary N) is 2. The second kappa shape index (κ2) is 5.93. The van der Waals surface area contributed by atoms with Crippen molar-refractivity contribution in [3.63, 3.8) is 0 Å². The summed E-state index contributed by atoms with van der Waals surface area (Å²) in [5, 5.41) is 6.39. The fourth-order valence-electron chi connectivity index (χ4n) is 3.41. The van der Waals surface area contributed by atoms with Crippen molar-refractivity contribution in [1.29, 1.82) is 0 Å². The molecule has 3 saturated heterocycles. The first-order chi connectivity index (χ1) is 10.2. The Labute approximate surface area is 125 Å². The van der Waals surface area contributed by atoms with Gasteiger partial charge in [-0.3, -0.25) is 4.79 Å². The molecule has 3 aliphatic heterocycles. The molecule has 3 heterocycles. The minimum atomic E-state index is -0.0468. The topological polar surface area (TPSA) is 70.4 Å². The predicted octanol–water partition coefficient (Wildman–Crippen LogP) is 1.52. The van der Waals surface area contributed by atoms with Gasteiger partial charge in [0.05, 0.1) is 11.4 Å². The van der Waals surface area contributed by atoms with E-state index in [1.807, 2.05) is 19.1 Å². The Morgan fingerprint density at radius 3 is 2.76 bits per heavy atom. The van der Waals surface area contributed by atoms with E-state index in [-0.39, 0.29) is 5.91 Å². The van der Waals surface area contributed by atoms with Crippen molar-refractivity contribution in [2.75, 3.05) is 37.2 Å². The van der Waals surface area contributed by atoms with Crippen LogP contribution in [0.1, 0.15) is 30.1 Å². The van der Waals surface area contributed by atoms with Crippen molar-refractivity contribution in [1.82, 2.24) is 10.2 Å². The zero-order valence-corrected chi connectivity index (χ0v) is 12.6. The number of rotatable bonds is 4. The van der Waals surface area contributed by atoms with Crippen molar-refractivity contribution >= 4 is 17.3 Å². The van der Waals surface area contributed by atoms with Gasteiger partial charge in [-0.25, -0.2) is 0 Å². The van der Waals surface area contributed by atoms with E-state index in [0.717, 1.165) is 18.2 Å². The van der Waals surface area contributed by atoms with Crippen LogP contribution in [0, 0.1) is 5.92 Å². The van der Waals surface area contributed by atoms with E-state index >= 15 is 0 Å². The molecule has 5 nitrogen and oxygen atoms in total. The van der Waals surface area contributed by atoms with Crippen LogP contribution in [0.15, 0.2) is 18.2 Å². The minimum absolute atomic E-state index is 0.0468. The van der Waals surface area contributed by atoms with E-state index in [9.17, 15) is 4.79 Å². The SMILES string of the molecule is CCNC(=O)c1ccc(N)c(NC2CN3CCC2CC3)c1. The molecule has 0 aromatic heterocycles. The Hall–Kier alpha value is -1.75. The lowest BCUT2D eigenvalue weighted by Crippen LogP contribution is -2.53. The van der Waals surface area contributed by atoms with Crippen molar-refractivity contribution in [2.45, 2.75) is 25.8 Å². The molecule has 21 heavy (non-hydrogen) atoms. The van der Waals surface area contributed by atoms with E-state index in [2.05, 4.69) is 15.5 Å². The van der Waals surface area contributed by atoms with Gasteiger partial charge >= 0.3 is 0 Å². The van der Waals surface area contributed by atoms with E-state index in [4.69, 9.17) is 5.73 Å². The molecule has 3 fully saturated rings. The number of nitrogens with two attached hydrogens (primary N) is 1.